The van der Waals surface area contributed by atoms with Gasteiger partial charge < -0.3 is 10.2 Å². The molecule has 0 aromatic carbocycles. The lowest BCUT2D eigenvalue weighted by Gasteiger charge is -1.94. The molecule has 6 nitrogen and oxygen atoms in total. The van der Waals surface area contributed by atoms with E-state index in [1.54, 1.807) is 0 Å². The maximum Gasteiger partial charge on any atom is 0.321 e. The molecule has 2 aromatic rings. The molecule has 11 heavy (non-hydrogen) atoms. The summed E-state index contributed by atoms with van der Waals surface area (Å²) in [5, 5.41) is 21.4. The van der Waals surface area contributed by atoms with E-state index in [0.29, 0.717) is 0 Å². The molecule has 0 fully saturated rings. The first-order chi connectivity index (χ1) is 5.27. The Hall–Kier alpha value is -1.85. The van der Waals surface area contributed by atoms with Crippen LogP contribution in [0.25, 0.3) is 5.65 Å². The molecule has 0 aliphatic heterocycles. The molecule has 2 rings (SSSR count). The van der Waals surface area contributed by atoms with E-state index in [2.05, 4.69) is 21.1 Å². The Labute approximate surface area is 60.8 Å². The fraction of sp³-hybridized carbons (Fsp3) is 0. The molecule has 0 amide bonds. The lowest BCUT2D eigenvalue weighted by atomic mass is 10.7. The van der Waals surface area contributed by atoms with Crippen LogP contribution in [0.2, 0.25) is 0 Å². The predicted octanol–water partition coefficient (Wildman–Crippen LogP) is -0.664. The van der Waals surface area contributed by atoms with Crippen LogP contribution in [-0.4, -0.2) is 29.8 Å². The largest absolute Gasteiger partial charge is 0.479 e. The summed E-state index contributed by atoms with van der Waals surface area (Å²) < 4.78 is 1.06. The van der Waals surface area contributed by atoms with Gasteiger partial charge in [-0.3, -0.25) is 0 Å². The van der Waals surface area contributed by atoms with Gasteiger partial charge in [-0.2, -0.15) is 14.6 Å². The molecule has 0 atom stereocenters. The minimum atomic E-state index is -0.494. The van der Waals surface area contributed by atoms with Crippen LogP contribution in [0.3, 0.4) is 0 Å². The normalized spacial score (nSPS) is 10.5. The van der Waals surface area contributed by atoms with Crippen LogP contribution in [0.4, 0.5) is 0 Å². The van der Waals surface area contributed by atoms with Crippen molar-refractivity contribution >= 4 is 5.65 Å². The van der Waals surface area contributed by atoms with Gasteiger partial charge in [-0.15, -0.1) is 4.98 Å². The maximum absolute atomic E-state index is 9.01. The molecule has 2 aromatic heterocycles. The molecule has 0 bridgehead atoms. The summed E-state index contributed by atoms with van der Waals surface area (Å²) >= 11 is 0. The van der Waals surface area contributed by atoms with E-state index >= 15 is 0 Å². The number of hydrogen-bond acceptors (Lipinski definition) is 5. The highest BCUT2D eigenvalue weighted by molar-refractivity contribution is 5.36. The zero-order valence-electron chi connectivity index (χ0n) is 5.26. The maximum atomic E-state index is 9.01. The molecule has 2 N–H and O–H groups in total. The van der Waals surface area contributed by atoms with Gasteiger partial charge in [0, 0.05) is 0 Å². The van der Waals surface area contributed by atoms with E-state index in [1.807, 2.05) is 0 Å². The molecule has 55 valence electrons. The third-order valence-electron chi connectivity index (χ3n) is 1.16. The predicted molar refractivity (Wildman–Crippen MR) is 32.9 cm³/mol. The number of fused-ring (bicyclic) bond motifs is 1. The number of aromatic hydroxyl groups is 2. The Morgan fingerprint density at radius 3 is 3.00 bits per heavy atom. The second-order valence-electron chi connectivity index (χ2n) is 1.85. The van der Waals surface area contributed by atoms with E-state index in [9.17, 15) is 0 Å². The first-order valence-electron chi connectivity index (χ1n) is 2.79. The fourth-order valence-corrected chi connectivity index (χ4v) is 0.743. The topological polar surface area (TPSA) is 83.5 Å². The lowest BCUT2D eigenvalue weighted by Crippen LogP contribution is -1.93. The zero-order chi connectivity index (χ0) is 7.84. The number of nitrogens with zero attached hydrogens (tertiary/aromatic N) is 4. The average Bonchev–Trinajstić information content (AvgIpc) is 2.34. The number of aromatic nitrogens is 4. The Morgan fingerprint density at radius 1 is 1.36 bits per heavy atom. The highest BCUT2D eigenvalue weighted by Gasteiger charge is 2.04. The molecule has 0 spiro atoms. The SMILES string of the molecule is Oc1nc(O)n2nc[c]c2n1. The molecule has 0 saturated carbocycles. The van der Waals surface area contributed by atoms with Crippen LogP contribution in [0, 0.1) is 6.07 Å². The molecule has 2 heterocycles. The minimum Gasteiger partial charge on any atom is -0.479 e. The highest BCUT2D eigenvalue weighted by Crippen LogP contribution is 2.09. The lowest BCUT2D eigenvalue weighted by molar-refractivity contribution is 0.374. The third-order valence-corrected chi connectivity index (χ3v) is 1.16. The van der Waals surface area contributed by atoms with Crippen LogP contribution < -0.4 is 0 Å². The molecule has 1 radical (unpaired) electrons. The van der Waals surface area contributed by atoms with Gasteiger partial charge in [0.25, 0.3) is 0 Å². The zero-order valence-corrected chi connectivity index (χ0v) is 5.26. The Balaban J connectivity index is 2.91. The minimum absolute atomic E-state index is 0.231. The van der Waals surface area contributed by atoms with Crippen molar-refractivity contribution in [2.24, 2.45) is 0 Å². The van der Waals surface area contributed by atoms with E-state index in [1.165, 1.54) is 6.20 Å². The number of rotatable bonds is 0. The number of hydrogen-bond donors (Lipinski definition) is 2. The Bertz CT molecular complexity index is 396. The smallest absolute Gasteiger partial charge is 0.321 e. The monoisotopic (exact) mass is 151 g/mol. The molecule has 0 aliphatic rings. The van der Waals surface area contributed by atoms with Crippen LogP contribution in [0.5, 0.6) is 12.0 Å². The third kappa shape index (κ3) is 0.759. The van der Waals surface area contributed by atoms with Gasteiger partial charge >= 0.3 is 12.0 Å². The van der Waals surface area contributed by atoms with Crippen molar-refractivity contribution in [3.8, 4) is 12.0 Å². The summed E-state index contributed by atoms with van der Waals surface area (Å²) in [5.74, 6) is 0. The van der Waals surface area contributed by atoms with Gasteiger partial charge in [0.2, 0.25) is 0 Å². The van der Waals surface area contributed by atoms with Gasteiger partial charge in [-0.05, 0) is 0 Å². The van der Waals surface area contributed by atoms with Crippen molar-refractivity contribution in [2.75, 3.05) is 0 Å². The van der Waals surface area contributed by atoms with Gasteiger partial charge in [0.05, 0.1) is 12.3 Å². The van der Waals surface area contributed by atoms with E-state index < -0.39 is 12.0 Å². The molecule has 0 aliphatic carbocycles. The van der Waals surface area contributed by atoms with Crippen molar-refractivity contribution in [3.63, 3.8) is 0 Å². The molecule has 0 saturated heterocycles. The Morgan fingerprint density at radius 2 is 2.18 bits per heavy atom. The summed E-state index contributed by atoms with van der Waals surface area (Å²) in [4.78, 5) is 6.78. The second-order valence-corrected chi connectivity index (χ2v) is 1.85. The van der Waals surface area contributed by atoms with Crippen molar-refractivity contribution in [2.45, 2.75) is 0 Å². The van der Waals surface area contributed by atoms with Gasteiger partial charge in [0.1, 0.15) is 0 Å². The van der Waals surface area contributed by atoms with E-state index in [0.717, 1.165) is 4.52 Å². The van der Waals surface area contributed by atoms with Gasteiger partial charge in [-0.25, -0.2) is 0 Å². The first-order valence-corrected chi connectivity index (χ1v) is 2.79. The molecular formula is C5H3N4O2. The van der Waals surface area contributed by atoms with Gasteiger partial charge in [-0.1, -0.05) is 0 Å². The second kappa shape index (κ2) is 1.82. The van der Waals surface area contributed by atoms with Crippen LogP contribution >= 0.6 is 0 Å². The van der Waals surface area contributed by atoms with Crippen LogP contribution in [0.1, 0.15) is 0 Å². The van der Waals surface area contributed by atoms with Crippen molar-refractivity contribution < 1.29 is 10.2 Å². The van der Waals surface area contributed by atoms with Gasteiger partial charge in [0.15, 0.2) is 5.65 Å². The van der Waals surface area contributed by atoms with Crippen LogP contribution in [-0.2, 0) is 0 Å². The summed E-state index contributed by atoms with van der Waals surface area (Å²) in [6.07, 6.45) is 1.32. The van der Waals surface area contributed by atoms with Crippen molar-refractivity contribution in [3.05, 3.63) is 12.3 Å². The fourth-order valence-electron chi connectivity index (χ4n) is 0.743. The van der Waals surface area contributed by atoms with Crippen molar-refractivity contribution in [1.29, 1.82) is 0 Å². The Kier molecular flexibility index (Phi) is 0.974. The average molecular weight is 151 g/mol. The summed E-state index contributed by atoms with van der Waals surface area (Å²) in [6, 6.07) is 1.68. The molecular weight excluding hydrogens is 148 g/mol. The molecule has 6 heteroatoms. The summed E-state index contributed by atoms with van der Waals surface area (Å²) in [5.41, 5.74) is 0.231. The standard InChI is InChI=1S/C5H3N4O2/c10-4-7-3-1-2-6-9(3)5(11)8-4/h2H,(H2,7,8,10,11). The van der Waals surface area contributed by atoms with E-state index in [4.69, 9.17) is 10.2 Å². The van der Waals surface area contributed by atoms with Crippen LogP contribution in [0.15, 0.2) is 6.20 Å². The highest BCUT2D eigenvalue weighted by atomic mass is 16.3. The van der Waals surface area contributed by atoms with Crippen molar-refractivity contribution in [1.82, 2.24) is 19.6 Å². The first kappa shape index (κ1) is 5.90. The summed E-state index contributed by atoms with van der Waals surface area (Å²) in [6.45, 7) is 0. The van der Waals surface area contributed by atoms with E-state index in [-0.39, 0.29) is 5.65 Å². The quantitative estimate of drug-likeness (QED) is 0.522. The summed E-state index contributed by atoms with van der Waals surface area (Å²) in [7, 11) is 0. The molecule has 0 unspecified atom stereocenters.